The lowest BCUT2D eigenvalue weighted by atomic mass is 10.2. The Bertz CT molecular complexity index is 950. The number of aromatic nitrogens is 1. The van der Waals surface area contributed by atoms with Crippen molar-refractivity contribution in [3.8, 4) is 0 Å². The second-order valence-corrected chi connectivity index (χ2v) is 5.78. The van der Waals surface area contributed by atoms with Crippen molar-refractivity contribution in [2.24, 2.45) is 7.05 Å². The van der Waals surface area contributed by atoms with E-state index >= 15 is 0 Å². The Morgan fingerprint density at radius 3 is 2.44 bits per heavy atom. The number of rotatable bonds is 5. The predicted octanol–water partition coefficient (Wildman–Crippen LogP) is 3.23. The molecule has 0 spiro atoms. The highest BCUT2D eigenvalue weighted by Gasteiger charge is 2.11. The molecule has 0 aliphatic heterocycles. The summed E-state index contributed by atoms with van der Waals surface area (Å²) in [6, 6.07) is 12.7. The predicted molar refractivity (Wildman–Crippen MR) is 99.4 cm³/mol. The van der Waals surface area contributed by atoms with E-state index in [0.29, 0.717) is 16.7 Å². The van der Waals surface area contributed by atoms with Gasteiger partial charge in [0.2, 0.25) is 0 Å². The van der Waals surface area contributed by atoms with E-state index < -0.39 is 5.76 Å². The molecule has 6 heteroatoms. The van der Waals surface area contributed by atoms with Gasteiger partial charge in [-0.05, 0) is 56.3 Å². The number of oxazole rings is 1. The number of hydrogen-bond donors (Lipinski definition) is 1. The summed E-state index contributed by atoms with van der Waals surface area (Å²) in [6.45, 7) is 6.09. The fourth-order valence-corrected chi connectivity index (χ4v) is 2.82. The third-order valence-electron chi connectivity index (χ3n) is 4.31. The Labute approximate surface area is 145 Å². The van der Waals surface area contributed by atoms with Crippen molar-refractivity contribution in [1.82, 2.24) is 4.57 Å². The average molecular weight is 339 g/mol. The molecular formula is C19H21N3O3. The Balaban J connectivity index is 1.79. The number of benzene rings is 2. The second-order valence-electron chi connectivity index (χ2n) is 5.78. The van der Waals surface area contributed by atoms with Crippen LogP contribution in [0.3, 0.4) is 0 Å². The third kappa shape index (κ3) is 3.28. The van der Waals surface area contributed by atoms with Crippen LogP contribution in [-0.2, 0) is 7.05 Å². The highest BCUT2D eigenvalue weighted by molar-refractivity contribution is 6.05. The van der Waals surface area contributed by atoms with Crippen molar-refractivity contribution in [3.05, 3.63) is 58.6 Å². The first-order chi connectivity index (χ1) is 12.0. The lowest BCUT2D eigenvalue weighted by molar-refractivity contribution is 0.102. The summed E-state index contributed by atoms with van der Waals surface area (Å²) in [6.07, 6.45) is 0. The van der Waals surface area contributed by atoms with Gasteiger partial charge >= 0.3 is 5.76 Å². The van der Waals surface area contributed by atoms with Gasteiger partial charge in [0.25, 0.3) is 5.91 Å². The summed E-state index contributed by atoms with van der Waals surface area (Å²) in [7, 11) is 1.63. The van der Waals surface area contributed by atoms with Gasteiger partial charge in [0, 0.05) is 37.1 Å². The zero-order valence-corrected chi connectivity index (χ0v) is 14.6. The summed E-state index contributed by atoms with van der Waals surface area (Å²) in [5.41, 5.74) is 3.34. The Morgan fingerprint density at radius 2 is 1.80 bits per heavy atom. The van der Waals surface area contributed by atoms with Crippen LogP contribution in [0.4, 0.5) is 11.4 Å². The van der Waals surface area contributed by atoms with Crippen molar-refractivity contribution in [2.75, 3.05) is 23.3 Å². The van der Waals surface area contributed by atoms with E-state index in [4.69, 9.17) is 4.42 Å². The summed E-state index contributed by atoms with van der Waals surface area (Å²) in [4.78, 5) is 26.2. The molecule has 0 fully saturated rings. The van der Waals surface area contributed by atoms with E-state index in [1.807, 2.05) is 24.3 Å². The number of hydrogen-bond acceptors (Lipinski definition) is 4. The first-order valence-electron chi connectivity index (χ1n) is 8.29. The summed E-state index contributed by atoms with van der Waals surface area (Å²) in [5.74, 6) is -0.691. The molecule has 1 aromatic heterocycles. The molecule has 1 heterocycles. The van der Waals surface area contributed by atoms with Crippen LogP contribution in [0.25, 0.3) is 11.1 Å². The number of anilines is 2. The summed E-state index contributed by atoms with van der Waals surface area (Å²) in [5, 5.41) is 2.86. The van der Waals surface area contributed by atoms with Gasteiger partial charge in [0.15, 0.2) is 5.58 Å². The van der Waals surface area contributed by atoms with E-state index in [1.165, 1.54) is 4.57 Å². The number of nitrogens with zero attached hydrogens (tertiary/aromatic N) is 2. The van der Waals surface area contributed by atoms with E-state index in [0.717, 1.165) is 24.5 Å². The monoisotopic (exact) mass is 339 g/mol. The molecule has 0 bridgehead atoms. The number of aryl methyl sites for hydroxylation is 1. The standard InChI is InChI=1S/C19H21N3O3/c1-4-22(5-2)15-9-7-14(8-10-15)20-18(23)13-6-11-16-17(12-13)25-19(24)21(16)3/h6-12H,4-5H2,1-3H3,(H,20,23). The highest BCUT2D eigenvalue weighted by atomic mass is 16.4. The first kappa shape index (κ1) is 16.8. The van der Waals surface area contributed by atoms with E-state index in [2.05, 4.69) is 24.1 Å². The normalized spacial score (nSPS) is 10.8. The second kappa shape index (κ2) is 6.84. The van der Waals surface area contributed by atoms with Gasteiger partial charge in [0.1, 0.15) is 0 Å². The van der Waals surface area contributed by atoms with Gasteiger partial charge in [-0.2, -0.15) is 0 Å². The number of carbonyl (C=O) groups excluding carboxylic acids is 1. The Morgan fingerprint density at radius 1 is 1.12 bits per heavy atom. The SMILES string of the molecule is CCN(CC)c1ccc(NC(=O)c2ccc3c(c2)oc(=O)n3C)cc1. The van der Waals surface area contributed by atoms with E-state index in [-0.39, 0.29) is 5.91 Å². The molecule has 3 rings (SSSR count). The van der Waals surface area contributed by atoms with Gasteiger partial charge in [-0.15, -0.1) is 0 Å². The van der Waals surface area contributed by atoms with Crippen molar-refractivity contribution < 1.29 is 9.21 Å². The average Bonchev–Trinajstić information content (AvgIpc) is 2.91. The molecule has 0 unspecified atom stereocenters. The van der Waals surface area contributed by atoms with Crippen LogP contribution in [0.2, 0.25) is 0 Å². The molecule has 2 aromatic carbocycles. The maximum absolute atomic E-state index is 12.4. The van der Waals surface area contributed by atoms with Crippen molar-refractivity contribution in [2.45, 2.75) is 13.8 Å². The smallest absolute Gasteiger partial charge is 0.408 e. The lowest BCUT2D eigenvalue weighted by Crippen LogP contribution is -2.21. The quantitative estimate of drug-likeness (QED) is 0.775. The van der Waals surface area contributed by atoms with Gasteiger partial charge in [-0.1, -0.05) is 0 Å². The number of nitrogens with one attached hydrogen (secondary N) is 1. The van der Waals surface area contributed by atoms with Gasteiger partial charge in [0.05, 0.1) is 5.52 Å². The molecule has 0 atom stereocenters. The Hall–Kier alpha value is -3.02. The molecule has 0 saturated heterocycles. The number of carbonyl (C=O) groups is 1. The fourth-order valence-electron chi connectivity index (χ4n) is 2.82. The highest BCUT2D eigenvalue weighted by Crippen LogP contribution is 2.19. The topological polar surface area (TPSA) is 67.5 Å². The van der Waals surface area contributed by atoms with Crippen molar-refractivity contribution in [1.29, 1.82) is 0 Å². The molecule has 3 aromatic rings. The van der Waals surface area contributed by atoms with Crippen molar-refractivity contribution in [3.63, 3.8) is 0 Å². The van der Waals surface area contributed by atoms with Crippen LogP contribution in [0.5, 0.6) is 0 Å². The zero-order valence-electron chi connectivity index (χ0n) is 14.6. The van der Waals surface area contributed by atoms with Crippen LogP contribution < -0.4 is 16.0 Å². The molecule has 1 N–H and O–H groups in total. The van der Waals surface area contributed by atoms with Gasteiger partial charge in [-0.3, -0.25) is 9.36 Å². The number of fused-ring (bicyclic) bond motifs is 1. The van der Waals surface area contributed by atoms with E-state index in [9.17, 15) is 9.59 Å². The van der Waals surface area contributed by atoms with Crippen LogP contribution in [0.15, 0.2) is 51.7 Å². The molecular weight excluding hydrogens is 318 g/mol. The minimum atomic E-state index is -0.445. The van der Waals surface area contributed by atoms with Crippen molar-refractivity contribution >= 4 is 28.4 Å². The molecule has 1 amide bonds. The lowest BCUT2D eigenvalue weighted by Gasteiger charge is -2.21. The van der Waals surface area contributed by atoms with Crippen LogP contribution in [0, 0.1) is 0 Å². The first-order valence-corrected chi connectivity index (χ1v) is 8.29. The maximum atomic E-state index is 12.4. The number of amides is 1. The fraction of sp³-hybridized carbons (Fsp3) is 0.263. The molecule has 0 aliphatic rings. The van der Waals surface area contributed by atoms with E-state index in [1.54, 1.807) is 25.2 Å². The van der Waals surface area contributed by atoms with Gasteiger partial charge in [-0.25, -0.2) is 4.79 Å². The molecule has 25 heavy (non-hydrogen) atoms. The largest absolute Gasteiger partial charge is 0.419 e. The van der Waals surface area contributed by atoms with Crippen LogP contribution in [0.1, 0.15) is 24.2 Å². The van der Waals surface area contributed by atoms with Crippen LogP contribution >= 0.6 is 0 Å². The summed E-state index contributed by atoms with van der Waals surface area (Å²) < 4.78 is 6.53. The molecule has 0 aliphatic carbocycles. The third-order valence-corrected chi connectivity index (χ3v) is 4.31. The molecule has 0 radical (unpaired) electrons. The zero-order chi connectivity index (χ0) is 18.0. The minimum absolute atomic E-state index is 0.246. The molecule has 0 saturated carbocycles. The van der Waals surface area contributed by atoms with Gasteiger partial charge < -0.3 is 14.6 Å². The summed E-state index contributed by atoms with van der Waals surface area (Å²) >= 11 is 0. The van der Waals surface area contributed by atoms with Crippen LogP contribution in [-0.4, -0.2) is 23.6 Å². The Kier molecular flexibility index (Phi) is 4.61. The molecule has 130 valence electrons. The maximum Gasteiger partial charge on any atom is 0.419 e. The minimum Gasteiger partial charge on any atom is -0.408 e. The molecule has 6 nitrogen and oxygen atoms in total.